The van der Waals surface area contributed by atoms with Crippen LogP contribution in [0.25, 0.3) is 0 Å². The Bertz CT molecular complexity index is 183. The topological polar surface area (TPSA) is 38.8 Å². The van der Waals surface area contributed by atoms with Gasteiger partial charge in [-0.3, -0.25) is 0 Å². The predicted octanol–water partition coefficient (Wildman–Crippen LogP) is 0.959. The van der Waals surface area contributed by atoms with Crippen molar-refractivity contribution in [3.8, 4) is 5.88 Å². The van der Waals surface area contributed by atoms with Crippen molar-refractivity contribution in [3.05, 3.63) is 17.3 Å². The molecule has 1 rings (SSSR count). The monoisotopic (exact) mass is 124 g/mol. The van der Waals surface area contributed by atoms with Gasteiger partial charge < -0.3 is 10.1 Å². The fraction of sp³-hybridized carbons (Fsp3) is 0.429. The van der Waals surface area contributed by atoms with Crippen LogP contribution in [0.3, 0.4) is 0 Å². The molecule has 0 bridgehead atoms. The average Bonchev–Trinajstić information content (AvgIpc) is 2.13. The summed E-state index contributed by atoms with van der Waals surface area (Å²) < 4.78 is 0. The molecular weight excluding hydrogens is 114 g/mol. The van der Waals surface area contributed by atoms with Crippen LogP contribution in [0.4, 0.5) is 0 Å². The van der Waals surface area contributed by atoms with Crippen LogP contribution in [-0.2, 0) is 6.42 Å². The number of aromatic amines is 1. The third-order valence-corrected chi connectivity index (χ3v) is 1.40. The largest absolute Gasteiger partial charge is 0.860 e. The Kier molecular flexibility index (Phi) is 1.47. The van der Waals surface area contributed by atoms with Crippen LogP contribution in [0.1, 0.15) is 18.2 Å². The van der Waals surface area contributed by atoms with Gasteiger partial charge in [0.25, 0.3) is 0 Å². The minimum Gasteiger partial charge on any atom is -0.860 e. The quantitative estimate of drug-likeness (QED) is 0.595. The van der Waals surface area contributed by atoms with Crippen LogP contribution in [0.15, 0.2) is 6.07 Å². The van der Waals surface area contributed by atoms with Crippen molar-refractivity contribution in [2.75, 3.05) is 0 Å². The molecule has 0 spiro atoms. The van der Waals surface area contributed by atoms with Crippen LogP contribution in [-0.4, -0.2) is 4.98 Å². The van der Waals surface area contributed by atoms with Crippen molar-refractivity contribution >= 4 is 0 Å². The molecule has 1 heterocycles. The van der Waals surface area contributed by atoms with Gasteiger partial charge in [0, 0.05) is 5.69 Å². The number of hydrogen-bond donors (Lipinski definition) is 1. The van der Waals surface area contributed by atoms with E-state index in [0.29, 0.717) is 0 Å². The maximum Gasteiger partial charge on any atom is 0.0142 e. The van der Waals surface area contributed by atoms with E-state index < -0.39 is 0 Å². The van der Waals surface area contributed by atoms with E-state index in [4.69, 9.17) is 0 Å². The van der Waals surface area contributed by atoms with Crippen LogP contribution < -0.4 is 5.11 Å². The number of aryl methyl sites for hydroxylation is 2. The van der Waals surface area contributed by atoms with Crippen molar-refractivity contribution < 1.29 is 5.11 Å². The molecule has 0 aromatic carbocycles. The molecule has 0 aliphatic heterocycles. The highest BCUT2D eigenvalue weighted by molar-refractivity contribution is 5.27. The van der Waals surface area contributed by atoms with Gasteiger partial charge in [-0.2, -0.15) is 0 Å². The molecule has 0 saturated heterocycles. The van der Waals surface area contributed by atoms with Gasteiger partial charge in [-0.25, -0.2) is 0 Å². The van der Waals surface area contributed by atoms with Crippen molar-refractivity contribution in [1.29, 1.82) is 0 Å². The van der Waals surface area contributed by atoms with Crippen LogP contribution in [0, 0.1) is 6.92 Å². The maximum absolute atomic E-state index is 10.7. The van der Waals surface area contributed by atoms with Gasteiger partial charge in [0.1, 0.15) is 0 Å². The van der Waals surface area contributed by atoms with Crippen LogP contribution >= 0.6 is 0 Å². The number of H-pyrrole nitrogens is 1. The lowest BCUT2D eigenvalue weighted by Gasteiger charge is -1.99. The third-order valence-electron chi connectivity index (χ3n) is 1.40. The fourth-order valence-corrected chi connectivity index (χ4v) is 0.798. The molecule has 0 unspecified atom stereocenters. The van der Waals surface area contributed by atoms with Gasteiger partial charge in [0.05, 0.1) is 0 Å². The van der Waals surface area contributed by atoms with E-state index in [1.165, 1.54) is 0 Å². The molecule has 0 radical (unpaired) electrons. The lowest BCUT2D eigenvalue weighted by atomic mass is 10.3. The van der Waals surface area contributed by atoms with Crippen molar-refractivity contribution in [3.63, 3.8) is 0 Å². The highest BCUT2D eigenvalue weighted by Gasteiger charge is 1.91. The molecule has 0 amide bonds. The zero-order valence-electron chi connectivity index (χ0n) is 5.69. The Morgan fingerprint density at radius 1 is 1.67 bits per heavy atom. The van der Waals surface area contributed by atoms with Crippen LogP contribution in [0.2, 0.25) is 0 Å². The van der Waals surface area contributed by atoms with Crippen molar-refractivity contribution in [1.82, 2.24) is 4.98 Å². The molecule has 9 heavy (non-hydrogen) atoms. The van der Waals surface area contributed by atoms with E-state index in [1.807, 2.05) is 19.9 Å². The molecular formula is C7H10NO-. The summed E-state index contributed by atoms with van der Waals surface area (Å²) in [6.45, 7) is 3.84. The van der Waals surface area contributed by atoms with Gasteiger partial charge >= 0.3 is 0 Å². The first-order valence-electron chi connectivity index (χ1n) is 3.09. The minimum absolute atomic E-state index is 0.0480. The smallest absolute Gasteiger partial charge is 0.0142 e. The number of rotatable bonds is 1. The highest BCUT2D eigenvalue weighted by atomic mass is 16.3. The fourth-order valence-electron chi connectivity index (χ4n) is 0.798. The van der Waals surface area contributed by atoms with Gasteiger partial charge in [-0.15, -0.1) is 0 Å². The van der Waals surface area contributed by atoms with Crippen molar-refractivity contribution in [2.45, 2.75) is 20.3 Å². The Morgan fingerprint density at radius 2 is 2.33 bits per heavy atom. The number of aromatic nitrogens is 1. The highest BCUT2D eigenvalue weighted by Crippen LogP contribution is 2.12. The summed E-state index contributed by atoms with van der Waals surface area (Å²) in [4.78, 5) is 2.74. The van der Waals surface area contributed by atoms with E-state index in [9.17, 15) is 5.11 Å². The molecule has 0 aliphatic carbocycles. The van der Waals surface area contributed by atoms with E-state index in [2.05, 4.69) is 4.98 Å². The van der Waals surface area contributed by atoms with E-state index >= 15 is 0 Å². The summed E-state index contributed by atoms with van der Waals surface area (Å²) in [6.07, 6.45) is 0.906. The Balaban J connectivity index is 2.98. The SMILES string of the molecule is CCc1cc(C)c([O-])[nH]1. The Hall–Kier alpha value is -0.920. The molecule has 1 aromatic heterocycles. The summed E-state index contributed by atoms with van der Waals surface area (Å²) >= 11 is 0. The summed E-state index contributed by atoms with van der Waals surface area (Å²) in [5.41, 5.74) is 1.84. The Morgan fingerprint density at radius 3 is 2.56 bits per heavy atom. The predicted molar refractivity (Wildman–Crippen MR) is 34.4 cm³/mol. The molecule has 0 fully saturated rings. The second kappa shape index (κ2) is 2.13. The Labute approximate surface area is 54.5 Å². The lowest BCUT2D eigenvalue weighted by molar-refractivity contribution is -0.275. The third kappa shape index (κ3) is 1.07. The zero-order valence-corrected chi connectivity index (χ0v) is 5.69. The normalized spacial score (nSPS) is 10.0. The molecule has 2 heteroatoms. The van der Waals surface area contributed by atoms with Gasteiger partial charge in [0.2, 0.25) is 0 Å². The number of hydrogen-bond acceptors (Lipinski definition) is 1. The molecule has 2 nitrogen and oxygen atoms in total. The second-order valence-electron chi connectivity index (χ2n) is 2.16. The number of nitrogens with one attached hydrogen (secondary N) is 1. The maximum atomic E-state index is 10.7. The molecule has 0 atom stereocenters. The van der Waals surface area contributed by atoms with E-state index in [1.54, 1.807) is 0 Å². The van der Waals surface area contributed by atoms with E-state index in [0.717, 1.165) is 17.7 Å². The van der Waals surface area contributed by atoms with Gasteiger partial charge in [0.15, 0.2) is 0 Å². The van der Waals surface area contributed by atoms with E-state index in [-0.39, 0.29) is 5.88 Å². The second-order valence-corrected chi connectivity index (χ2v) is 2.16. The first-order chi connectivity index (χ1) is 4.24. The summed E-state index contributed by atoms with van der Waals surface area (Å²) in [6, 6.07) is 1.89. The summed E-state index contributed by atoms with van der Waals surface area (Å²) in [5, 5.41) is 10.7. The standard InChI is InChI=1S/C7H11NO/c1-3-6-4-5(2)7(9)8-6/h4,8-9H,3H2,1-2H3/p-1. The van der Waals surface area contributed by atoms with Gasteiger partial charge in [-0.1, -0.05) is 6.92 Å². The first kappa shape index (κ1) is 6.20. The molecule has 0 saturated carbocycles. The van der Waals surface area contributed by atoms with Crippen LogP contribution in [0.5, 0.6) is 5.88 Å². The molecule has 0 aliphatic rings. The summed E-state index contributed by atoms with van der Waals surface area (Å²) in [7, 11) is 0. The molecule has 1 N–H and O–H groups in total. The minimum atomic E-state index is 0.0480. The molecule has 1 aromatic rings. The molecule has 50 valence electrons. The first-order valence-corrected chi connectivity index (χ1v) is 3.09. The lowest BCUT2D eigenvalue weighted by Crippen LogP contribution is -1.91. The van der Waals surface area contributed by atoms with Gasteiger partial charge in [-0.05, 0) is 30.9 Å². The average molecular weight is 124 g/mol. The van der Waals surface area contributed by atoms with Crippen molar-refractivity contribution in [2.24, 2.45) is 0 Å². The summed E-state index contributed by atoms with van der Waals surface area (Å²) in [5.74, 6) is 0.0480. The zero-order chi connectivity index (χ0) is 6.85.